The highest BCUT2D eigenvalue weighted by molar-refractivity contribution is 7.98. The Morgan fingerprint density at radius 2 is 2.06 bits per heavy atom. The Balaban J connectivity index is 2.54. The van der Waals surface area contributed by atoms with Crippen LogP contribution in [0.4, 0.5) is 0 Å². The highest BCUT2D eigenvalue weighted by atomic mass is 32.2. The smallest absolute Gasteiger partial charge is 0.326 e. The molecule has 0 heterocycles. The molecule has 1 aliphatic rings. The zero-order chi connectivity index (χ0) is 12.9. The van der Waals surface area contributed by atoms with Crippen LogP contribution in [0, 0.1) is 0 Å². The monoisotopic (exact) mass is 260 g/mol. The second kappa shape index (κ2) is 6.26. The minimum absolute atomic E-state index is 0.316. The first-order valence-corrected chi connectivity index (χ1v) is 7.20. The summed E-state index contributed by atoms with van der Waals surface area (Å²) in [6, 6.07) is -0.823. The van der Waals surface area contributed by atoms with E-state index in [1.165, 1.54) is 0 Å². The normalized spacial score (nSPS) is 19.9. The Hall–Kier alpha value is -0.750. The van der Waals surface area contributed by atoms with Gasteiger partial charge in [0.15, 0.2) is 0 Å². The molecule has 0 saturated heterocycles. The van der Waals surface area contributed by atoms with Crippen molar-refractivity contribution in [2.45, 2.75) is 43.7 Å². The molecule has 5 nitrogen and oxygen atoms in total. The second-order valence-electron chi connectivity index (χ2n) is 4.51. The number of rotatable bonds is 6. The minimum Gasteiger partial charge on any atom is -0.480 e. The van der Waals surface area contributed by atoms with Crippen molar-refractivity contribution >= 4 is 23.6 Å². The number of aliphatic carboxylic acids is 1. The van der Waals surface area contributed by atoms with E-state index in [2.05, 4.69) is 5.32 Å². The Kier molecular flexibility index (Phi) is 5.27. The molecule has 1 aliphatic carbocycles. The molecule has 1 saturated carbocycles. The van der Waals surface area contributed by atoms with Gasteiger partial charge in [0, 0.05) is 0 Å². The van der Waals surface area contributed by atoms with E-state index in [4.69, 9.17) is 10.8 Å². The molecule has 0 bridgehead atoms. The van der Waals surface area contributed by atoms with Crippen LogP contribution in [0.3, 0.4) is 0 Å². The maximum atomic E-state index is 11.9. The van der Waals surface area contributed by atoms with Gasteiger partial charge in [-0.25, -0.2) is 4.79 Å². The summed E-state index contributed by atoms with van der Waals surface area (Å²) >= 11 is 1.56. The van der Waals surface area contributed by atoms with E-state index in [1.54, 1.807) is 11.8 Å². The van der Waals surface area contributed by atoms with Crippen LogP contribution in [0.5, 0.6) is 0 Å². The van der Waals surface area contributed by atoms with Gasteiger partial charge in [-0.3, -0.25) is 4.79 Å². The van der Waals surface area contributed by atoms with Gasteiger partial charge < -0.3 is 16.2 Å². The largest absolute Gasteiger partial charge is 0.480 e. The van der Waals surface area contributed by atoms with E-state index < -0.39 is 17.6 Å². The van der Waals surface area contributed by atoms with Crippen LogP contribution in [0.15, 0.2) is 0 Å². The summed E-state index contributed by atoms with van der Waals surface area (Å²) in [5.74, 6) is -0.605. The topological polar surface area (TPSA) is 92.4 Å². The quantitative estimate of drug-likeness (QED) is 0.649. The zero-order valence-corrected chi connectivity index (χ0v) is 10.9. The lowest BCUT2D eigenvalue weighted by Crippen LogP contribution is -2.56. The number of hydrogen-bond donors (Lipinski definition) is 3. The summed E-state index contributed by atoms with van der Waals surface area (Å²) in [4.78, 5) is 22.9. The van der Waals surface area contributed by atoms with Crippen molar-refractivity contribution in [3.63, 3.8) is 0 Å². The van der Waals surface area contributed by atoms with Gasteiger partial charge in [0.05, 0.1) is 5.54 Å². The average molecular weight is 260 g/mol. The van der Waals surface area contributed by atoms with E-state index in [9.17, 15) is 9.59 Å². The molecule has 6 heteroatoms. The van der Waals surface area contributed by atoms with Crippen molar-refractivity contribution < 1.29 is 14.7 Å². The number of carbonyl (C=O) groups excluding carboxylic acids is 1. The van der Waals surface area contributed by atoms with E-state index >= 15 is 0 Å². The van der Waals surface area contributed by atoms with Crippen molar-refractivity contribution in [1.29, 1.82) is 0 Å². The molecule has 0 aromatic carbocycles. The van der Waals surface area contributed by atoms with Gasteiger partial charge in [-0.2, -0.15) is 11.8 Å². The fraction of sp³-hybridized carbons (Fsp3) is 0.818. The van der Waals surface area contributed by atoms with Gasteiger partial charge in [0.2, 0.25) is 5.91 Å². The van der Waals surface area contributed by atoms with Crippen molar-refractivity contribution in [2.24, 2.45) is 5.73 Å². The number of hydrogen-bond acceptors (Lipinski definition) is 4. The predicted octanol–water partition coefficient (Wildman–Crippen LogP) is 0.580. The van der Waals surface area contributed by atoms with Gasteiger partial charge >= 0.3 is 5.97 Å². The lowest BCUT2D eigenvalue weighted by molar-refractivity contribution is -0.142. The number of carboxylic acid groups (broad SMARTS) is 1. The van der Waals surface area contributed by atoms with E-state index in [0.29, 0.717) is 25.0 Å². The Bertz CT molecular complexity index is 290. The second-order valence-corrected chi connectivity index (χ2v) is 5.49. The Morgan fingerprint density at radius 3 is 2.53 bits per heavy atom. The average Bonchev–Trinajstić information content (AvgIpc) is 2.72. The first-order valence-electron chi connectivity index (χ1n) is 5.81. The van der Waals surface area contributed by atoms with Gasteiger partial charge in [-0.05, 0) is 31.3 Å². The summed E-state index contributed by atoms with van der Waals surface area (Å²) in [6.45, 7) is 0. The molecule has 1 fully saturated rings. The number of nitrogens with one attached hydrogen (secondary N) is 1. The molecule has 0 aromatic rings. The van der Waals surface area contributed by atoms with Crippen LogP contribution in [0.1, 0.15) is 32.1 Å². The molecule has 17 heavy (non-hydrogen) atoms. The molecule has 1 amide bonds. The molecule has 0 spiro atoms. The Labute approximate surface area is 106 Å². The molecule has 0 aromatic heterocycles. The highest BCUT2D eigenvalue weighted by Gasteiger charge is 2.38. The van der Waals surface area contributed by atoms with Crippen LogP contribution in [0.2, 0.25) is 0 Å². The first-order chi connectivity index (χ1) is 7.99. The van der Waals surface area contributed by atoms with Gasteiger partial charge in [-0.15, -0.1) is 0 Å². The van der Waals surface area contributed by atoms with Crippen molar-refractivity contribution in [1.82, 2.24) is 5.32 Å². The van der Waals surface area contributed by atoms with Crippen molar-refractivity contribution in [2.75, 3.05) is 12.0 Å². The minimum atomic E-state index is -0.992. The fourth-order valence-electron chi connectivity index (χ4n) is 2.03. The summed E-state index contributed by atoms with van der Waals surface area (Å²) in [5.41, 5.74) is 5.12. The molecule has 98 valence electrons. The third-order valence-electron chi connectivity index (χ3n) is 3.16. The SMILES string of the molecule is CSCC[C@@H](NC(=O)C1(N)CCCC1)C(=O)O. The summed E-state index contributed by atoms with van der Waals surface area (Å²) in [7, 11) is 0. The number of nitrogens with two attached hydrogens (primary N) is 1. The summed E-state index contributed by atoms with van der Waals surface area (Å²) in [5, 5.41) is 11.6. The fourth-order valence-corrected chi connectivity index (χ4v) is 2.50. The number of carbonyl (C=O) groups is 2. The number of thioether (sulfide) groups is 1. The van der Waals surface area contributed by atoms with E-state index in [0.717, 1.165) is 12.8 Å². The lowest BCUT2D eigenvalue weighted by atomic mass is 9.97. The van der Waals surface area contributed by atoms with Crippen LogP contribution >= 0.6 is 11.8 Å². The molecule has 1 rings (SSSR count). The van der Waals surface area contributed by atoms with Crippen molar-refractivity contribution in [3.05, 3.63) is 0 Å². The standard InChI is InChI=1S/C11H20N2O3S/c1-17-7-4-8(9(14)15)13-10(16)11(12)5-2-3-6-11/h8H,2-7,12H2,1H3,(H,13,16)(H,14,15)/t8-/m1/s1. The first kappa shape index (κ1) is 14.3. The third kappa shape index (κ3) is 3.89. The lowest BCUT2D eigenvalue weighted by Gasteiger charge is -2.24. The van der Waals surface area contributed by atoms with Crippen LogP contribution in [-0.2, 0) is 9.59 Å². The molecular weight excluding hydrogens is 240 g/mol. The number of carboxylic acids is 1. The molecule has 1 atom stereocenters. The predicted molar refractivity (Wildman–Crippen MR) is 68.0 cm³/mol. The number of amides is 1. The molecule has 0 unspecified atom stereocenters. The molecule has 4 N–H and O–H groups in total. The van der Waals surface area contributed by atoms with Gasteiger partial charge in [-0.1, -0.05) is 12.8 Å². The zero-order valence-electron chi connectivity index (χ0n) is 10.1. The molecular formula is C11H20N2O3S. The maximum Gasteiger partial charge on any atom is 0.326 e. The van der Waals surface area contributed by atoms with Gasteiger partial charge in [0.25, 0.3) is 0 Å². The summed E-state index contributed by atoms with van der Waals surface area (Å²) in [6.07, 6.45) is 5.50. The highest BCUT2D eigenvalue weighted by Crippen LogP contribution is 2.27. The maximum absolute atomic E-state index is 11.9. The van der Waals surface area contributed by atoms with Crippen LogP contribution in [-0.4, -0.2) is 40.6 Å². The Morgan fingerprint density at radius 1 is 1.47 bits per heavy atom. The summed E-state index contributed by atoms with van der Waals surface area (Å²) < 4.78 is 0. The van der Waals surface area contributed by atoms with Crippen molar-refractivity contribution in [3.8, 4) is 0 Å². The van der Waals surface area contributed by atoms with E-state index in [-0.39, 0.29) is 5.91 Å². The van der Waals surface area contributed by atoms with Crippen LogP contribution in [0.25, 0.3) is 0 Å². The molecule has 0 radical (unpaired) electrons. The van der Waals surface area contributed by atoms with Crippen LogP contribution < -0.4 is 11.1 Å². The van der Waals surface area contributed by atoms with E-state index in [1.807, 2.05) is 6.26 Å². The van der Waals surface area contributed by atoms with Gasteiger partial charge in [0.1, 0.15) is 6.04 Å². The third-order valence-corrected chi connectivity index (χ3v) is 3.81. The molecule has 0 aliphatic heterocycles.